The number of carbonyl (C=O) groups excluding carboxylic acids is 1. The molecule has 0 radical (unpaired) electrons. The van der Waals surface area contributed by atoms with Gasteiger partial charge < -0.3 is 19.3 Å². The lowest BCUT2D eigenvalue weighted by atomic mass is 9.97. The zero-order valence-electron chi connectivity index (χ0n) is 18.7. The van der Waals surface area contributed by atoms with Crippen LogP contribution in [-0.4, -0.2) is 47.8 Å². The summed E-state index contributed by atoms with van der Waals surface area (Å²) < 4.78 is 16.1. The van der Waals surface area contributed by atoms with Crippen molar-refractivity contribution in [2.24, 2.45) is 5.92 Å². The number of rotatable bonds is 9. The molecule has 1 atom stereocenters. The van der Waals surface area contributed by atoms with Crippen LogP contribution in [0.25, 0.3) is 11.4 Å². The predicted molar refractivity (Wildman–Crippen MR) is 125 cm³/mol. The number of aromatic nitrogens is 2. The summed E-state index contributed by atoms with van der Waals surface area (Å²) >= 11 is 0. The molecule has 0 aliphatic carbocycles. The van der Waals surface area contributed by atoms with Crippen LogP contribution in [0.1, 0.15) is 18.7 Å². The fraction of sp³-hybridized carbons (Fsp3) is 0.320. The minimum Gasteiger partial charge on any atom is -0.497 e. The van der Waals surface area contributed by atoms with E-state index in [1.54, 1.807) is 13.2 Å². The molecule has 172 valence electrons. The van der Waals surface area contributed by atoms with Crippen LogP contribution in [0.4, 0.5) is 5.69 Å². The Balaban J connectivity index is 1.31. The SMILES string of the molecule is C=CCOc1ccc(NC(=O)C2CCCN(Cc3nc(-c4ccc(OC)cc4)no3)C2)cc1. The highest BCUT2D eigenvalue weighted by Crippen LogP contribution is 2.23. The molecule has 1 aromatic heterocycles. The number of methoxy groups -OCH3 is 1. The van der Waals surface area contributed by atoms with Crippen molar-refractivity contribution in [1.29, 1.82) is 0 Å². The van der Waals surface area contributed by atoms with Gasteiger partial charge in [-0.1, -0.05) is 17.8 Å². The zero-order chi connectivity index (χ0) is 23.0. The summed E-state index contributed by atoms with van der Waals surface area (Å²) in [6, 6.07) is 14.9. The Bertz CT molecular complexity index is 1060. The molecule has 1 aliphatic rings. The van der Waals surface area contributed by atoms with Crippen molar-refractivity contribution >= 4 is 11.6 Å². The summed E-state index contributed by atoms with van der Waals surface area (Å²) in [7, 11) is 1.63. The first-order valence-electron chi connectivity index (χ1n) is 11.0. The van der Waals surface area contributed by atoms with Crippen LogP contribution >= 0.6 is 0 Å². The number of nitrogens with one attached hydrogen (secondary N) is 1. The molecule has 8 nitrogen and oxygen atoms in total. The smallest absolute Gasteiger partial charge is 0.241 e. The first-order chi connectivity index (χ1) is 16.1. The number of amides is 1. The summed E-state index contributed by atoms with van der Waals surface area (Å²) in [5.41, 5.74) is 1.62. The second-order valence-electron chi connectivity index (χ2n) is 7.93. The average Bonchev–Trinajstić information content (AvgIpc) is 3.32. The molecule has 1 fully saturated rings. The number of hydrogen-bond acceptors (Lipinski definition) is 7. The third kappa shape index (κ3) is 5.98. The van der Waals surface area contributed by atoms with Crippen molar-refractivity contribution in [3.8, 4) is 22.9 Å². The van der Waals surface area contributed by atoms with Gasteiger partial charge in [0.1, 0.15) is 18.1 Å². The molecule has 3 aromatic rings. The van der Waals surface area contributed by atoms with E-state index in [1.165, 1.54) is 0 Å². The highest BCUT2D eigenvalue weighted by molar-refractivity contribution is 5.92. The van der Waals surface area contributed by atoms with Gasteiger partial charge in [-0.2, -0.15) is 4.98 Å². The van der Waals surface area contributed by atoms with Crippen molar-refractivity contribution in [3.63, 3.8) is 0 Å². The number of ether oxygens (including phenoxy) is 2. The molecule has 2 heterocycles. The zero-order valence-corrected chi connectivity index (χ0v) is 18.7. The van der Waals surface area contributed by atoms with Crippen molar-refractivity contribution in [1.82, 2.24) is 15.0 Å². The third-order valence-electron chi connectivity index (χ3n) is 5.54. The summed E-state index contributed by atoms with van der Waals surface area (Å²) in [5.74, 6) is 2.52. The van der Waals surface area contributed by atoms with Gasteiger partial charge in [0.05, 0.1) is 19.6 Å². The predicted octanol–water partition coefficient (Wildman–Crippen LogP) is 4.16. The van der Waals surface area contributed by atoms with Gasteiger partial charge in [-0.15, -0.1) is 0 Å². The van der Waals surface area contributed by atoms with Crippen LogP contribution < -0.4 is 14.8 Å². The number of piperidine rings is 1. The van der Waals surface area contributed by atoms with E-state index in [2.05, 4.69) is 26.9 Å². The van der Waals surface area contributed by atoms with Crippen molar-refractivity contribution < 1.29 is 18.8 Å². The van der Waals surface area contributed by atoms with Gasteiger partial charge in [-0.05, 0) is 67.9 Å². The van der Waals surface area contributed by atoms with Crippen LogP contribution in [0.5, 0.6) is 11.5 Å². The van der Waals surface area contributed by atoms with Crippen LogP contribution in [0.15, 0.2) is 65.7 Å². The van der Waals surface area contributed by atoms with Gasteiger partial charge in [-0.25, -0.2) is 0 Å². The van der Waals surface area contributed by atoms with Crippen LogP contribution in [0, 0.1) is 5.92 Å². The molecule has 33 heavy (non-hydrogen) atoms. The van der Waals surface area contributed by atoms with Crippen LogP contribution in [-0.2, 0) is 11.3 Å². The average molecular weight is 449 g/mol. The molecule has 0 spiro atoms. The molecule has 0 bridgehead atoms. The Morgan fingerprint density at radius 3 is 2.70 bits per heavy atom. The van der Waals surface area contributed by atoms with Crippen molar-refractivity contribution in [3.05, 3.63) is 67.1 Å². The van der Waals surface area contributed by atoms with E-state index in [-0.39, 0.29) is 11.8 Å². The fourth-order valence-electron chi connectivity index (χ4n) is 3.81. The maximum atomic E-state index is 12.8. The summed E-state index contributed by atoms with van der Waals surface area (Å²) in [6.07, 6.45) is 3.48. The molecule has 1 amide bonds. The Hall–Kier alpha value is -3.65. The monoisotopic (exact) mass is 448 g/mol. The number of anilines is 1. The Kier molecular flexibility index (Phi) is 7.36. The van der Waals surface area contributed by atoms with Gasteiger partial charge in [-0.3, -0.25) is 9.69 Å². The molecule has 1 aliphatic heterocycles. The van der Waals surface area contributed by atoms with Crippen molar-refractivity contribution in [2.75, 3.05) is 32.1 Å². The lowest BCUT2D eigenvalue weighted by Crippen LogP contribution is -2.40. The van der Waals surface area contributed by atoms with E-state index in [0.717, 1.165) is 42.1 Å². The molecule has 8 heteroatoms. The largest absolute Gasteiger partial charge is 0.497 e. The number of hydrogen-bond donors (Lipinski definition) is 1. The van der Waals surface area contributed by atoms with E-state index < -0.39 is 0 Å². The minimum atomic E-state index is -0.0978. The van der Waals surface area contributed by atoms with Gasteiger partial charge in [0.2, 0.25) is 17.6 Å². The van der Waals surface area contributed by atoms with Crippen LogP contribution in [0.2, 0.25) is 0 Å². The molecule has 1 saturated heterocycles. The van der Waals surface area contributed by atoms with E-state index in [1.807, 2.05) is 48.5 Å². The molecule has 1 unspecified atom stereocenters. The number of benzene rings is 2. The second-order valence-corrected chi connectivity index (χ2v) is 7.93. The summed E-state index contributed by atoms with van der Waals surface area (Å²) in [5, 5.41) is 7.11. The minimum absolute atomic E-state index is 0.0175. The lowest BCUT2D eigenvalue weighted by molar-refractivity contribution is -0.121. The third-order valence-corrected chi connectivity index (χ3v) is 5.54. The maximum Gasteiger partial charge on any atom is 0.241 e. The van der Waals surface area contributed by atoms with Gasteiger partial charge >= 0.3 is 0 Å². The molecule has 0 saturated carbocycles. The van der Waals surface area contributed by atoms with Crippen molar-refractivity contribution in [2.45, 2.75) is 19.4 Å². The lowest BCUT2D eigenvalue weighted by Gasteiger charge is -2.30. The molecular formula is C25H28N4O4. The number of likely N-dealkylation sites (tertiary alicyclic amines) is 1. The summed E-state index contributed by atoms with van der Waals surface area (Å²) in [4.78, 5) is 19.5. The molecular weight excluding hydrogens is 420 g/mol. The quantitative estimate of drug-likeness (QED) is 0.492. The topological polar surface area (TPSA) is 89.7 Å². The maximum absolute atomic E-state index is 12.8. The molecule has 4 rings (SSSR count). The second kappa shape index (κ2) is 10.8. The fourth-order valence-corrected chi connectivity index (χ4v) is 3.81. The highest BCUT2D eigenvalue weighted by Gasteiger charge is 2.27. The van der Waals surface area contributed by atoms with Gasteiger partial charge in [0.25, 0.3) is 0 Å². The normalized spacial score (nSPS) is 16.2. The highest BCUT2D eigenvalue weighted by atomic mass is 16.5. The first kappa shape index (κ1) is 22.5. The van der Waals surface area contributed by atoms with Crippen LogP contribution in [0.3, 0.4) is 0 Å². The molecule has 1 N–H and O–H groups in total. The van der Waals surface area contributed by atoms with Gasteiger partial charge in [0.15, 0.2) is 0 Å². The standard InChI is InChI=1S/C25H28N4O4/c1-3-15-32-22-12-8-20(9-13-22)26-25(30)19-5-4-14-29(16-19)17-23-27-24(28-33-23)18-6-10-21(31-2)11-7-18/h3,6-13,19H,1,4-5,14-17H2,2H3,(H,26,30). The number of nitrogens with zero attached hydrogens (tertiary/aromatic N) is 3. The molecule has 2 aromatic carbocycles. The Morgan fingerprint density at radius 2 is 1.97 bits per heavy atom. The first-order valence-corrected chi connectivity index (χ1v) is 11.0. The van der Waals surface area contributed by atoms with E-state index in [0.29, 0.717) is 31.4 Å². The Morgan fingerprint density at radius 1 is 1.21 bits per heavy atom. The number of carbonyl (C=O) groups is 1. The Labute approximate surface area is 193 Å². The van der Waals surface area contributed by atoms with E-state index in [4.69, 9.17) is 14.0 Å². The summed E-state index contributed by atoms with van der Waals surface area (Å²) in [6.45, 7) is 6.13. The van der Waals surface area contributed by atoms with Gasteiger partial charge in [0, 0.05) is 17.8 Å². The van der Waals surface area contributed by atoms with E-state index in [9.17, 15) is 4.79 Å². The van der Waals surface area contributed by atoms with E-state index >= 15 is 0 Å².